The van der Waals surface area contributed by atoms with Crippen molar-refractivity contribution < 1.29 is 0 Å². The number of halogens is 2. The molecule has 0 aliphatic carbocycles. The third kappa shape index (κ3) is 1.69. The maximum absolute atomic E-state index is 5.94. The average molecular weight is 231 g/mol. The lowest BCUT2D eigenvalue weighted by atomic mass is 10.1. The minimum Gasteiger partial charge on any atom is -0.123 e. The van der Waals surface area contributed by atoms with Gasteiger partial charge in [0.2, 0.25) is 0 Å². The smallest absolute Gasteiger partial charge is 0.0940 e. The standard InChI is InChI=1S/C10H8Cl2S/c1-6-2-7(5-11)3-8-4-9(12)13-10(6)8/h2-4H,5H2,1H3. The molecular weight excluding hydrogens is 223 g/mol. The third-order valence-electron chi connectivity index (χ3n) is 1.99. The van der Waals surface area contributed by atoms with E-state index in [2.05, 4.69) is 19.1 Å². The Morgan fingerprint density at radius 1 is 1.31 bits per heavy atom. The molecule has 0 nitrogen and oxygen atoms in total. The highest BCUT2D eigenvalue weighted by Crippen LogP contribution is 2.32. The predicted octanol–water partition coefficient (Wildman–Crippen LogP) is 4.60. The molecule has 2 aromatic rings. The maximum atomic E-state index is 5.94. The molecule has 2 rings (SSSR count). The Balaban J connectivity index is 2.75. The molecule has 0 fully saturated rings. The molecule has 0 aliphatic rings. The van der Waals surface area contributed by atoms with E-state index in [-0.39, 0.29) is 0 Å². The molecule has 0 amide bonds. The first-order valence-corrected chi connectivity index (χ1v) is 5.68. The van der Waals surface area contributed by atoms with Gasteiger partial charge in [0.15, 0.2) is 0 Å². The van der Waals surface area contributed by atoms with Crippen LogP contribution in [0.1, 0.15) is 11.1 Å². The molecule has 3 heteroatoms. The summed E-state index contributed by atoms with van der Waals surface area (Å²) in [5.41, 5.74) is 2.41. The van der Waals surface area contributed by atoms with Crippen molar-refractivity contribution in [1.82, 2.24) is 0 Å². The van der Waals surface area contributed by atoms with Crippen LogP contribution in [0.2, 0.25) is 4.34 Å². The van der Waals surface area contributed by atoms with Crippen LogP contribution in [0.25, 0.3) is 10.1 Å². The van der Waals surface area contributed by atoms with E-state index in [1.54, 1.807) is 11.3 Å². The van der Waals surface area contributed by atoms with Crippen molar-refractivity contribution in [3.63, 3.8) is 0 Å². The second kappa shape index (κ2) is 3.49. The highest BCUT2D eigenvalue weighted by Gasteiger charge is 2.04. The number of benzene rings is 1. The largest absolute Gasteiger partial charge is 0.123 e. The molecule has 13 heavy (non-hydrogen) atoms. The fourth-order valence-corrected chi connectivity index (χ4v) is 2.79. The van der Waals surface area contributed by atoms with Crippen molar-refractivity contribution >= 4 is 44.6 Å². The molecule has 0 saturated carbocycles. The van der Waals surface area contributed by atoms with Gasteiger partial charge in [-0.1, -0.05) is 17.7 Å². The first-order chi connectivity index (χ1) is 6.20. The van der Waals surface area contributed by atoms with Gasteiger partial charge < -0.3 is 0 Å². The van der Waals surface area contributed by atoms with E-state index in [9.17, 15) is 0 Å². The number of alkyl halides is 1. The molecule has 0 radical (unpaired) electrons. The van der Waals surface area contributed by atoms with Crippen LogP contribution in [0.3, 0.4) is 0 Å². The monoisotopic (exact) mass is 230 g/mol. The molecule has 0 unspecified atom stereocenters. The van der Waals surface area contributed by atoms with Crippen LogP contribution in [0.4, 0.5) is 0 Å². The molecule has 0 bridgehead atoms. The van der Waals surface area contributed by atoms with Gasteiger partial charge in [-0.15, -0.1) is 22.9 Å². The van der Waals surface area contributed by atoms with Gasteiger partial charge in [-0.25, -0.2) is 0 Å². The molecule has 1 aromatic carbocycles. The average Bonchev–Trinajstić information content (AvgIpc) is 2.46. The summed E-state index contributed by atoms with van der Waals surface area (Å²) in [5.74, 6) is 0.560. The van der Waals surface area contributed by atoms with E-state index < -0.39 is 0 Å². The van der Waals surface area contributed by atoms with Crippen LogP contribution in [0.5, 0.6) is 0 Å². The highest BCUT2D eigenvalue weighted by molar-refractivity contribution is 7.22. The van der Waals surface area contributed by atoms with Gasteiger partial charge in [-0.3, -0.25) is 0 Å². The Morgan fingerprint density at radius 2 is 2.08 bits per heavy atom. The maximum Gasteiger partial charge on any atom is 0.0940 e. The molecule has 0 spiro atoms. The van der Waals surface area contributed by atoms with Crippen LogP contribution >= 0.6 is 34.5 Å². The van der Waals surface area contributed by atoms with Crippen LogP contribution < -0.4 is 0 Å². The number of thiophene rings is 1. The summed E-state index contributed by atoms with van der Waals surface area (Å²) in [6, 6.07) is 6.20. The summed E-state index contributed by atoms with van der Waals surface area (Å²) in [6.45, 7) is 2.09. The quantitative estimate of drug-likeness (QED) is 0.629. The molecule has 68 valence electrons. The van der Waals surface area contributed by atoms with Gasteiger partial charge >= 0.3 is 0 Å². The minimum absolute atomic E-state index is 0.560. The Bertz CT molecular complexity index is 445. The normalized spacial score (nSPS) is 11.0. The zero-order chi connectivity index (χ0) is 9.42. The van der Waals surface area contributed by atoms with E-state index in [1.165, 1.54) is 15.6 Å². The Labute approximate surface area is 91.1 Å². The van der Waals surface area contributed by atoms with Gasteiger partial charge in [0.1, 0.15) is 0 Å². The summed E-state index contributed by atoms with van der Waals surface area (Å²) < 4.78 is 2.10. The fourth-order valence-electron chi connectivity index (χ4n) is 1.45. The van der Waals surface area contributed by atoms with Gasteiger partial charge in [-0.2, -0.15) is 0 Å². The van der Waals surface area contributed by atoms with Crippen LogP contribution in [0, 0.1) is 6.92 Å². The Hall–Kier alpha value is -0.240. The Kier molecular flexibility index (Phi) is 2.50. The molecule has 1 aromatic heterocycles. The van der Waals surface area contributed by atoms with E-state index in [4.69, 9.17) is 23.2 Å². The van der Waals surface area contributed by atoms with Gasteiger partial charge in [0.05, 0.1) is 4.34 Å². The van der Waals surface area contributed by atoms with Gasteiger partial charge in [0, 0.05) is 10.6 Å². The van der Waals surface area contributed by atoms with Gasteiger partial charge in [0.25, 0.3) is 0 Å². The van der Waals surface area contributed by atoms with Crippen molar-refractivity contribution in [3.8, 4) is 0 Å². The number of hydrogen-bond acceptors (Lipinski definition) is 1. The zero-order valence-electron chi connectivity index (χ0n) is 7.10. The van der Waals surface area contributed by atoms with Crippen molar-refractivity contribution in [2.24, 2.45) is 0 Å². The van der Waals surface area contributed by atoms with Crippen molar-refractivity contribution in [3.05, 3.63) is 33.7 Å². The first kappa shape index (κ1) is 9.32. The first-order valence-electron chi connectivity index (χ1n) is 3.95. The van der Waals surface area contributed by atoms with Crippen LogP contribution in [-0.4, -0.2) is 0 Å². The second-order valence-corrected chi connectivity index (χ2v) is 4.97. The summed E-state index contributed by atoms with van der Waals surface area (Å²) in [6.07, 6.45) is 0. The van der Waals surface area contributed by atoms with Gasteiger partial charge in [-0.05, 0) is 35.6 Å². The van der Waals surface area contributed by atoms with Crippen molar-refractivity contribution in [2.75, 3.05) is 0 Å². The van der Waals surface area contributed by atoms with Crippen molar-refractivity contribution in [1.29, 1.82) is 0 Å². The fraction of sp³-hybridized carbons (Fsp3) is 0.200. The lowest BCUT2D eigenvalue weighted by Crippen LogP contribution is -1.79. The van der Waals surface area contributed by atoms with Crippen LogP contribution in [-0.2, 0) is 5.88 Å². The number of aryl methyl sites for hydroxylation is 1. The van der Waals surface area contributed by atoms with E-state index in [0.717, 1.165) is 9.90 Å². The highest BCUT2D eigenvalue weighted by atomic mass is 35.5. The molecule has 1 heterocycles. The zero-order valence-corrected chi connectivity index (χ0v) is 9.43. The molecule has 0 aliphatic heterocycles. The molecular formula is C10H8Cl2S. The Morgan fingerprint density at radius 3 is 2.77 bits per heavy atom. The molecule has 0 atom stereocenters. The predicted molar refractivity (Wildman–Crippen MR) is 61.1 cm³/mol. The van der Waals surface area contributed by atoms with E-state index in [0.29, 0.717) is 5.88 Å². The second-order valence-electron chi connectivity index (χ2n) is 3.02. The molecule has 0 saturated heterocycles. The number of hydrogen-bond donors (Lipinski definition) is 0. The van der Waals surface area contributed by atoms with E-state index >= 15 is 0 Å². The summed E-state index contributed by atoms with van der Waals surface area (Å²) in [4.78, 5) is 0. The topological polar surface area (TPSA) is 0 Å². The lowest BCUT2D eigenvalue weighted by Gasteiger charge is -1.99. The number of rotatable bonds is 1. The SMILES string of the molecule is Cc1cc(CCl)cc2cc(Cl)sc12. The summed E-state index contributed by atoms with van der Waals surface area (Å²) >= 11 is 13.3. The lowest BCUT2D eigenvalue weighted by molar-refractivity contribution is 1.39. The summed E-state index contributed by atoms with van der Waals surface area (Å²) in [7, 11) is 0. The molecule has 0 N–H and O–H groups in total. The van der Waals surface area contributed by atoms with Crippen molar-refractivity contribution in [2.45, 2.75) is 12.8 Å². The van der Waals surface area contributed by atoms with Crippen LogP contribution in [0.15, 0.2) is 18.2 Å². The number of fused-ring (bicyclic) bond motifs is 1. The summed E-state index contributed by atoms with van der Waals surface area (Å²) in [5, 5.41) is 1.20. The van der Waals surface area contributed by atoms with E-state index in [1.807, 2.05) is 6.07 Å². The third-order valence-corrected chi connectivity index (χ3v) is 3.71. The minimum atomic E-state index is 0.560.